The van der Waals surface area contributed by atoms with E-state index >= 15 is 0 Å². The van der Waals surface area contributed by atoms with Gasteiger partial charge in [-0.3, -0.25) is 0 Å². The van der Waals surface area contributed by atoms with Gasteiger partial charge in [-0.2, -0.15) is 0 Å². The highest BCUT2D eigenvalue weighted by Gasteiger charge is 2.21. The third-order valence-corrected chi connectivity index (χ3v) is 2.94. The van der Waals surface area contributed by atoms with E-state index in [0.717, 1.165) is 39.2 Å². The van der Waals surface area contributed by atoms with Crippen molar-refractivity contribution >= 4 is 0 Å². The Labute approximate surface area is 101 Å². The maximum atomic E-state index is 5.62. The van der Waals surface area contributed by atoms with E-state index in [9.17, 15) is 0 Å². The van der Waals surface area contributed by atoms with Gasteiger partial charge in [0.1, 0.15) is 0 Å². The molecular formula is C13H29NO2. The molecule has 0 aliphatic carbocycles. The molecule has 3 heteroatoms. The summed E-state index contributed by atoms with van der Waals surface area (Å²) in [6, 6.07) is 0. The fourth-order valence-corrected chi connectivity index (χ4v) is 2.06. The van der Waals surface area contributed by atoms with Gasteiger partial charge in [0.15, 0.2) is 0 Å². The van der Waals surface area contributed by atoms with Gasteiger partial charge in [-0.1, -0.05) is 20.3 Å². The largest absolute Gasteiger partial charge is 0.385 e. The lowest BCUT2D eigenvalue weighted by molar-refractivity contribution is 0.0773. The first-order chi connectivity index (χ1) is 7.68. The van der Waals surface area contributed by atoms with Gasteiger partial charge in [-0.05, 0) is 31.7 Å². The fourth-order valence-electron chi connectivity index (χ4n) is 2.06. The molecular weight excluding hydrogens is 202 g/mol. The fraction of sp³-hybridized carbons (Fsp3) is 1.00. The van der Waals surface area contributed by atoms with Gasteiger partial charge in [-0.25, -0.2) is 0 Å². The van der Waals surface area contributed by atoms with Gasteiger partial charge < -0.3 is 14.8 Å². The van der Waals surface area contributed by atoms with Crippen molar-refractivity contribution in [3.8, 4) is 0 Å². The van der Waals surface area contributed by atoms with Crippen LogP contribution < -0.4 is 5.32 Å². The van der Waals surface area contributed by atoms with Crippen molar-refractivity contribution in [2.75, 3.05) is 40.5 Å². The average Bonchev–Trinajstić information content (AvgIpc) is 2.24. The zero-order chi connectivity index (χ0) is 12.3. The second kappa shape index (κ2) is 10.1. The standard InChI is InChI=1S/C13H29NO2/c1-5-7-13(2,12-14-3)8-11-16-10-6-9-15-4/h14H,5-12H2,1-4H3. The Kier molecular flexibility index (Phi) is 9.99. The first-order valence-corrected chi connectivity index (χ1v) is 6.40. The van der Waals surface area contributed by atoms with Crippen molar-refractivity contribution < 1.29 is 9.47 Å². The molecule has 0 spiro atoms. The molecule has 0 heterocycles. The van der Waals surface area contributed by atoms with Gasteiger partial charge in [0.25, 0.3) is 0 Å². The van der Waals surface area contributed by atoms with Crippen LogP contribution in [0.3, 0.4) is 0 Å². The van der Waals surface area contributed by atoms with Crippen molar-refractivity contribution in [3.05, 3.63) is 0 Å². The number of rotatable bonds is 11. The Bertz CT molecular complexity index is 145. The predicted octanol–water partition coefficient (Wildman–Crippen LogP) is 2.46. The molecule has 0 bridgehead atoms. The summed E-state index contributed by atoms with van der Waals surface area (Å²) in [5.74, 6) is 0. The molecule has 3 nitrogen and oxygen atoms in total. The molecule has 0 aliphatic rings. The van der Waals surface area contributed by atoms with Crippen LogP contribution in [0, 0.1) is 5.41 Å². The molecule has 16 heavy (non-hydrogen) atoms. The van der Waals surface area contributed by atoms with Gasteiger partial charge >= 0.3 is 0 Å². The van der Waals surface area contributed by atoms with Crippen molar-refractivity contribution in [2.24, 2.45) is 5.41 Å². The zero-order valence-corrected chi connectivity index (χ0v) is 11.5. The number of nitrogens with one attached hydrogen (secondary N) is 1. The Morgan fingerprint density at radius 3 is 2.44 bits per heavy atom. The minimum absolute atomic E-state index is 0.380. The van der Waals surface area contributed by atoms with Gasteiger partial charge in [0.05, 0.1) is 0 Å². The first-order valence-electron chi connectivity index (χ1n) is 6.40. The van der Waals surface area contributed by atoms with Crippen LogP contribution in [0.1, 0.15) is 39.5 Å². The van der Waals surface area contributed by atoms with Crippen molar-refractivity contribution in [1.29, 1.82) is 0 Å². The predicted molar refractivity (Wildman–Crippen MR) is 68.9 cm³/mol. The second-order valence-corrected chi connectivity index (χ2v) is 4.80. The maximum Gasteiger partial charge on any atom is 0.0487 e. The van der Waals surface area contributed by atoms with Gasteiger partial charge in [0, 0.05) is 33.5 Å². The van der Waals surface area contributed by atoms with E-state index in [1.807, 2.05) is 7.05 Å². The number of hydrogen-bond acceptors (Lipinski definition) is 3. The highest BCUT2D eigenvalue weighted by Crippen LogP contribution is 2.26. The van der Waals surface area contributed by atoms with Crippen LogP contribution in [0.25, 0.3) is 0 Å². The third kappa shape index (κ3) is 8.08. The summed E-state index contributed by atoms with van der Waals surface area (Å²) in [5.41, 5.74) is 0.380. The maximum absolute atomic E-state index is 5.62. The highest BCUT2D eigenvalue weighted by molar-refractivity contribution is 4.75. The number of methoxy groups -OCH3 is 1. The molecule has 0 aliphatic heterocycles. The lowest BCUT2D eigenvalue weighted by atomic mass is 9.82. The quantitative estimate of drug-likeness (QED) is 0.554. The third-order valence-electron chi connectivity index (χ3n) is 2.94. The Balaban J connectivity index is 3.59. The molecule has 0 radical (unpaired) electrons. The van der Waals surface area contributed by atoms with E-state index in [4.69, 9.17) is 9.47 Å². The topological polar surface area (TPSA) is 30.5 Å². The second-order valence-electron chi connectivity index (χ2n) is 4.80. The summed E-state index contributed by atoms with van der Waals surface area (Å²) >= 11 is 0. The molecule has 0 saturated carbocycles. The van der Waals surface area contributed by atoms with E-state index in [1.165, 1.54) is 12.8 Å². The van der Waals surface area contributed by atoms with Crippen LogP contribution in [0.15, 0.2) is 0 Å². The summed E-state index contributed by atoms with van der Waals surface area (Å²) in [7, 11) is 3.75. The van der Waals surface area contributed by atoms with Crippen LogP contribution in [-0.2, 0) is 9.47 Å². The van der Waals surface area contributed by atoms with Crippen LogP contribution >= 0.6 is 0 Å². The van der Waals surface area contributed by atoms with Crippen LogP contribution in [0.5, 0.6) is 0 Å². The van der Waals surface area contributed by atoms with Crippen molar-refractivity contribution in [2.45, 2.75) is 39.5 Å². The monoisotopic (exact) mass is 231 g/mol. The van der Waals surface area contributed by atoms with E-state index < -0.39 is 0 Å². The Morgan fingerprint density at radius 2 is 1.88 bits per heavy atom. The molecule has 0 amide bonds. The molecule has 1 atom stereocenters. The van der Waals surface area contributed by atoms with Crippen LogP contribution in [-0.4, -0.2) is 40.5 Å². The molecule has 1 unspecified atom stereocenters. The van der Waals surface area contributed by atoms with E-state index in [1.54, 1.807) is 7.11 Å². The van der Waals surface area contributed by atoms with E-state index in [2.05, 4.69) is 19.2 Å². The summed E-state index contributed by atoms with van der Waals surface area (Å²) in [5, 5.41) is 3.28. The summed E-state index contributed by atoms with van der Waals surface area (Å²) in [4.78, 5) is 0. The van der Waals surface area contributed by atoms with Crippen molar-refractivity contribution in [3.63, 3.8) is 0 Å². The first kappa shape index (κ1) is 15.9. The summed E-state index contributed by atoms with van der Waals surface area (Å²) in [6.07, 6.45) is 4.62. The summed E-state index contributed by atoms with van der Waals surface area (Å²) in [6.45, 7) is 8.13. The minimum Gasteiger partial charge on any atom is -0.385 e. The lowest BCUT2D eigenvalue weighted by Crippen LogP contribution is -2.31. The molecule has 0 fully saturated rings. The van der Waals surface area contributed by atoms with E-state index in [-0.39, 0.29) is 0 Å². The molecule has 98 valence electrons. The van der Waals surface area contributed by atoms with Crippen LogP contribution in [0.2, 0.25) is 0 Å². The molecule has 1 N–H and O–H groups in total. The molecule has 0 aromatic heterocycles. The molecule has 0 rings (SSSR count). The Hall–Kier alpha value is -0.120. The van der Waals surface area contributed by atoms with Gasteiger partial charge in [-0.15, -0.1) is 0 Å². The minimum atomic E-state index is 0.380. The zero-order valence-electron chi connectivity index (χ0n) is 11.5. The SMILES string of the molecule is CCCC(C)(CCOCCCOC)CNC. The van der Waals surface area contributed by atoms with E-state index in [0.29, 0.717) is 5.41 Å². The average molecular weight is 231 g/mol. The lowest BCUT2D eigenvalue weighted by Gasteiger charge is -2.29. The van der Waals surface area contributed by atoms with Crippen molar-refractivity contribution in [1.82, 2.24) is 5.32 Å². The highest BCUT2D eigenvalue weighted by atomic mass is 16.5. The molecule has 0 aromatic carbocycles. The number of ether oxygens (including phenoxy) is 2. The van der Waals surface area contributed by atoms with Crippen LogP contribution in [0.4, 0.5) is 0 Å². The van der Waals surface area contributed by atoms with Gasteiger partial charge in [0.2, 0.25) is 0 Å². The molecule has 0 aromatic rings. The normalized spacial score (nSPS) is 15.0. The number of hydrogen-bond donors (Lipinski definition) is 1. The summed E-state index contributed by atoms with van der Waals surface area (Å²) < 4.78 is 10.6. The smallest absolute Gasteiger partial charge is 0.0487 e. The Morgan fingerprint density at radius 1 is 1.12 bits per heavy atom. The molecule has 0 saturated heterocycles.